The van der Waals surface area contributed by atoms with Crippen molar-refractivity contribution in [1.29, 1.82) is 0 Å². The highest BCUT2D eigenvalue weighted by atomic mass is 32.2. The van der Waals surface area contributed by atoms with Gasteiger partial charge < -0.3 is 19.9 Å². The number of rotatable bonds is 14. The molecule has 1 heterocycles. The van der Waals surface area contributed by atoms with Gasteiger partial charge in [0.1, 0.15) is 5.75 Å². The van der Waals surface area contributed by atoms with E-state index in [9.17, 15) is 26.4 Å². The Morgan fingerprint density at radius 1 is 0.811 bits per heavy atom. The van der Waals surface area contributed by atoms with Crippen LogP contribution in [0.1, 0.15) is 41.2 Å². The first-order valence-corrected chi connectivity index (χ1v) is 18.6. The molecule has 0 aliphatic carbocycles. The molecule has 0 aromatic heterocycles. The molecule has 5 aromatic carbocycles. The molecule has 1 aliphatic heterocycles. The molecule has 0 spiro atoms. The number of nitrogens with one attached hydrogen (secondary N) is 1. The number of sulfone groups is 1. The number of carbonyl (C=O) groups excluding carboxylic acids is 1. The van der Waals surface area contributed by atoms with Gasteiger partial charge in [-0.2, -0.15) is 13.2 Å². The van der Waals surface area contributed by atoms with E-state index in [4.69, 9.17) is 19.6 Å². The van der Waals surface area contributed by atoms with Crippen molar-refractivity contribution in [2.75, 3.05) is 19.0 Å². The van der Waals surface area contributed by atoms with Crippen LogP contribution < -0.4 is 10.1 Å². The van der Waals surface area contributed by atoms with Gasteiger partial charge in [-0.25, -0.2) is 13.4 Å². The van der Waals surface area contributed by atoms with Gasteiger partial charge in [0, 0.05) is 31.6 Å². The highest BCUT2D eigenvalue weighted by Crippen LogP contribution is 2.44. The van der Waals surface area contributed by atoms with Crippen LogP contribution in [0.15, 0.2) is 143 Å². The van der Waals surface area contributed by atoms with Gasteiger partial charge in [0.25, 0.3) is 5.91 Å². The Morgan fingerprint density at radius 3 is 2.04 bits per heavy atom. The van der Waals surface area contributed by atoms with E-state index < -0.39 is 44.9 Å². The van der Waals surface area contributed by atoms with E-state index in [1.54, 1.807) is 42.5 Å². The predicted octanol–water partition coefficient (Wildman–Crippen LogP) is 7.57. The molecule has 1 aliphatic rings. The average molecular weight is 743 g/mol. The molecular formula is C41H37F3N2O6S. The number of benzene rings is 5. The predicted molar refractivity (Wildman–Crippen MR) is 195 cm³/mol. The lowest BCUT2D eigenvalue weighted by Gasteiger charge is -2.31. The summed E-state index contributed by atoms with van der Waals surface area (Å²) in [7, 11) is -3.90. The number of amides is 1. The highest BCUT2D eigenvalue weighted by Gasteiger charge is 2.53. The molecule has 1 amide bonds. The zero-order valence-corrected chi connectivity index (χ0v) is 29.3. The third kappa shape index (κ3) is 8.78. The van der Waals surface area contributed by atoms with Gasteiger partial charge in [-0.05, 0) is 70.8 Å². The van der Waals surface area contributed by atoms with Crippen LogP contribution in [0.4, 0.5) is 13.2 Å². The largest absolute Gasteiger partial charge is 0.494 e. The molecule has 2 atom stereocenters. The summed E-state index contributed by atoms with van der Waals surface area (Å²) in [5.74, 6) is -0.466. The molecule has 0 saturated heterocycles. The van der Waals surface area contributed by atoms with Crippen LogP contribution in [0.5, 0.6) is 5.75 Å². The van der Waals surface area contributed by atoms with Crippen LogP contribution in [0.2, 0.25) is 0 Å². The summed E-state index contributed by atoms with van der Waals surface area (Å²) in [6, 6.07) is 36.2. The molecular weight excluding hydrogens is 706 g/mol. The van der Waals surface area contributed by atoms with Crippen molar-refractivity contribution in [2.24, 2.45) is 4.99 Å². The van der Waals surface area contributed by atoms with Gasteiger partial charge >= 0.3 is 6.18 Å². The summed E-state index contributed by atoms with van der Waals surface area (Å²) < 4.78 is 79.2. The summed E-state index contributed by atoms with van der Waals surface area (Å²) in [4.78, 5) is 19.5. The number of alkyl halides is 3. The highest BCUT2D eigenvalue weighted by molar-refractivity contribution is 7.91. The first-order valence-electron chi connectivity index (χ1n) is 17.0. The molecule has 5 aromatic rings. The summed E-state index contributed by atoms with van der Waals surface area (Å²) in [6.45, 7) is 0.153. The Hall–Kier alpha value is -5.46. The van der Waals surface area contributed by atoms with E-state index in [0.717, 1.165) is 23.3 Å². The second kappa shape index (κ2) is 16.1. The topological polar surface area (TPSA) is 114 Å². The molecule has 274 valence electrons. The number of ether oxygens (including phenoxy) is 2. The van der Waals surface area contributed by atoms with Gasteiger partial charge in [0.05, 0.1) is 22.8 Å². The minimum absolute atomic E-state index is 0.0144. The molecule has 12 heteroatoms. The normalized spacial score (nSPS) is 17.1. The SMILES string of the molecule is O=C(NCc1ccc(C(F)(F)F)cc1)[C@]1(CCS(=O)(=O)c2ccccc2)N=C(c2ccc(OCCCO)cc2)O[C@@H]1c1ccc(-c2ccccc2)cc1. The fourth-order valence-electron chi connectivity index (χ4n) is 6.03. The zero-order valence-electron chi connectivity index (χ0n) is 28.5. The number of halogens is 3. The number of nitrogens with zero attached hydrogens (tertiary/aromatic N) is 1. The van der Waals surface area contributed by atoms with E-state index in [0.29, 0.717) is 35.5 Å². The monoisotopic (exact) mass is 742 g/mol. The van der Waals surface area contributed by atoms with E-state index in [-0.39, 0.29) is 30.4 Å². The van der Waals surface area contributed by atoms with E-state index in [2.05, 4.69) is 5.32 Å². The van der Waals surface area contributed by atoms with Gasteiger partial charge in [-0.15, -0.1) is 0 Å². The van der Waals surface area contributed by atoms with Gasteiger partial charge in [-0.3, -0.25) is 4.79 Å². The average Bonchev–Trinajstić information content (AvgIpc) is 3.58. The summed E-state index contributed by atoms with van der Waals surface area (Å²) in [6.07, 6.45) is -5.42. The molecule has 0 fully saturated rings. The van der Waals surface area contributed by atoms with Gasteiger partial charge in [0.15, 0.2) is 21.5 Å². The Morgan fingerprint density at radius 2 is 1.42 bits per heavy atom. The number of hydrogen-bond donors (Lipinski definition) is 2. The minimum Gasteiger partial charge on any atom is -0.494 e. The van der Waals surface area contributed by atoms with Crippen LogP contribution >= 0.6 is 0 Å². The number of carbonyl (C=O) groups is 1. The van der Waals surface area contributed by atoms with Crippen LogP contribution in [0, 0.1) is 0 Å². The molecule has 6 rings (SSSR count). The lowest BCUT2D eigenvalue weighted by Crippen LogP contribution is -2.49. The van der Waals surface area contributed by atoms with Gasteiger partial charge in [-0.1, -0.05) is 84.9 Å². The van der Waals surface area contributed by atoms with Crippen molar-refractivity contribution in [1.82, 2.24) is 5.32 Å². The maximum atomic E-state index is 14.6. The Balaban J connectivity index is 1.39. The van der Waals surface area contributed by atoms with Crippen molar-refractivity contribution in [3.05, 3.63) is 156 Å². The molecule has 0 bridgehead atoms. The lowest BCUT2D eigenvalue weighted by atomic mass is 9.84. The van der Waals surface area contributed by atoms with Crippen LogP contribution in [-0.2, 0) is 32.1 Å². The smallest absolute Gasteiger partial charge is 0.416 e. The fraction of sp³-hybridized carbons (Fsp3) is 0.220. The first kappa shape index (κ1) is 37.3. The van der Waals surface area contributed by atoms with E-state index in [1.807, 2.05) is 54.6 Å². The van der Waals surface area contributed by atoms with E-state index in [1.165, 1.54) is 24.3 Å². The number of hydrogen-bond acceptors (Lipinski definition) is 7. The Kier molecular flexibility index (Phi) is 11.3. The fourth-order valence-corrected chi connectivity index (χ4v) is 7.42. The van der Waals surface area contributed by atoms with Gasteiger partial charge in [0.2, 0.25) is 5.90 Å². The lowest BCUT2D eigenvalue weighted by molar-refractivity contribution is -0.137. The molecule has 0 radical (unpaired) electrons. The maximum Gasteiger partial charge on any atom is 0.416 e. The van der Waals surface area contributed by atoms with Crippen molar-refractivity contribution in [3.8, 4) is 16.9 Å². The molecule has 53 heavy (non-hydrogen) atoms. The van der Waals surface area contributed by atoms with Crippen LogP contribution in [0.3, 0.4) is 0 Å². The Labute approximate surface area is 305 Å². The standard InChI is InChI=1S/C41H37F3N2O6S/c42-41(43,44)34-20-12-29(13-21-34)28-45-39(48)40(24-27-53(49,50)36-10-5-2-6-11-36)37(32-16-14-31(15-17-32)30-8-3-1-4-9-30)52-38(46-40)33-18-22-35(23-19-33)51-26-7-25-47/h1-6,8-23,37,47H,7,24-28H2,(H,45,48)/t37-,40-/m1/s1. The quantitative estimate of drug-likeness (QED) is 0.114. The van der Waals surface area contributed by atoms with Crippen molar-refractivity contribution in [2.45, 2.75) is 42.1 Å². The molecule has 8 nitrogen and oxygen atoms in total. The third-order valence-electron chi connectivity index (χ3n) is 8.94. The van der Waals surface area contributed by atoms with Crippen LogP contribution in [-0.4, -0.2) is 49.8 Å². The van der Waals surface area contributed by atoms with Crippen molar-refractivity contribution >= 4 is 21.6 Å². The Bertz CT molecular complexity index is 2130. The molecule has 0 saturated carbocycles. The second-order valence-electron chi connectivity index (χ2n) is 12.5. The number of aliphatic hydroxyl groups excluding tert-OH is 1. The third-order valence-corrected chi connectivity index (χ3v) is 10.7. The summed E-state index contributed by atoms with van der Waals surface area (Å²) in [5.41, 5.74) is 0.726. The minimum atomic E-state index is -4.52. The van der Waals surface area contributed by atoms with Crippen LogP contribution in [0.25, 0.3) is 11.1 Å². The van der Waals surface area contributed by atoms with E-state index >= 15 is 0 Å². The number of aliphatic hydroxyl groups is 1. The summed E-state index contributed by atoms with van der Waals surface area (Å²) >= 11 is 0. The first-order chi connectivity index (χ1) is 25.5. The molecule has 0 unspecified atom stereocenters. The number of aliphatic imine (C=N–C) groups is 1. The maximum absolute atomic E-state index is 14.6. The van der Waals surface area contributed by atoms with Crippen molar-refractivity contribution < 1.29 is 41.0 Å². The molecule has 2 N–H and O–H groups in total. The zero-order chi connectivity index (χ0) is 37.5. The summed E-state index contributed by atoms with van der Waals surface area (Å²) in [5, 5.41) is 11.9. The van der Waals surface area contributed by atoms with Crippen molar-refractivity contribution in [3.63, 3.8) is 0 Å². The second-order valence-corrected chi connectivity index (χ2v) is 14.6.